The quantitative estimate of drug-likeness (QED) is 0.922. The zero-order chi connectivity index (χ0) is 14.5. The Bertz CT molecular complexity index is 438. The second-order valence-corrected chi connectivity index (χ2v) is 6.04. The van der Waals surface area contributed by atoms with Gasteiger partial charge < -0.3 is 10.1 Å². The first-order valence-corrected chi connectivity index (χ1v) is 7.73. The van der Waals surface area contributed by atoms with E-state index in [0.29, 0.717) is 17.0 Å². The van der Waals surface area contributed by atoms with E-state index >= 15 is 0 Å². The minimum absolute atomic E-state index is 0.424. The van der Waals surface area contributed by atoms with Gasteiger partial charge in [0.2, 0.25) is 0 Å². The van der Waals surface area contributed by atoms with Crippen molar-refractivity contribution in [2.45, 2.75) is 25.3 Å². The Morgan fingerprint density at radius 1 is 1.40 bits per heavy atom. The molecule has 0 amide bonds. The number of methoxy groups -OCH3 is 1. The third-order valence-electron chi connectivity index (χ3n) is 4.24. The largest absolute Gasteiger partial charge is 0.495 e. The molecule has 1 aromatic rings. The fourth-order valence-corrected chi connectivity index (χ4v) is 3.56. The van der Waals surface area contributed by atoms with Gasteiger partial charge in [0.15, 0.2) is 0 Å². The molecule has 1 aliphatic rings. The predicted molar refractivity (Wildman–Crippen MR) is 84.6 cm³/mol. The van der Waals surface area contributed by atoms with Gasteiger partial charge in [0, 0.05) is 6.04 Å². The van der Waals surface area contributed by atoms with E-state index in [-0.39, 0.29) is 0 Å². The third-order valence-corrected chi connectivity index (χ3v) is 4.54. The van der Waals surface area contributed by atoms with E-state index in [2.05, 4.69) is 29.4 Å². The summed E-state index contributed by atoms with van der Waals surface area (Å²) < 4.78 is 5.26. The standard InChI is InChI=1S/C16H25ClN2O/c1-18-11-13-6-4-5-9-19(2)16(13)12-7-8-15(20-3)14(17)10-12/h7-8,10,13,16,18H,4-6,9,11H2,1-3H3. The Morgan fingerprint density at radius 2 is 2.20 bits per heavy atom. The van der Waals surface area contributed by atoms with Crippen LogP contribution < -0.4 is 10.1 Å². The number of rotatable bonds is 4. The van der Waals surface area contributed by atoms with Crippen LogP contribution in [0.3, 0.4) is 0 Å². The lowest BCUT2D eigenvalue weighted by molar-refractivity contribution is 0.191. The lowest BCUT2D eigenvalue weighted by Crippen LogP contribution is -2.34. The molecule has 20 heavy (non-hydrogen) atoms. The van der Waals surface area contributed by atoms with Crippen LogP contribution in [0, 0.1) is 5.92 Å². The van der Waals surface area contributed by atoms with Crippen LogP contribution in [0.2, 0.25) is 5.02 Å². The van der Waals surface area contributed by atoms with E-state index in [0.717, 1.165) is 18.8 Å². The summed E-state index contributed by atoms with van der Waals surface area (Å²) in [5, 5.41) is 4.04. The minimum atomic E-state index is 0.424. The first-order valence-electron chi connectivity index (χ1n) is 7.35. The lowest BCUT2D eigenvalue weighted by Gasteiger charge is -2.33. The van der Waals surface area contributed by atoms with Crippen molar-refractivity contribution < 1.29 is 4.74 Å². The molecule has 1 saturated heterocycles. The average molecular weight is 297 g/mol. The molecule has 2 atom stereocenters. The Kier molecular flexibility index (Phi) is 5.70. The van der Waals surface area contributed by atoms with Gasteiger partial charge in [-0.1, -0.05) is 24.1 Å². The molecule has 0 aliphatic carbocycles. The van der Waals surface area contributed by atoms with Crippen LogP contribution in [0.15, 0.2) is 18.2 Å². The van der Waals surface area contributed by atoms with E-state index in [1.165, 1.54) is 24.8 Å². The molecule has 1 fully saturated rings. The van der Waals surface area contributed by atoms with Gasteiger partial charge in [-0.15, -0.1) is 0 Å². The fraction of sp³-hybridized carbons (Fsp3) is 0.625. The maximum Gasteiger partial charge on any atom is 0.137 e. The summed E-state index contributed by atoms with van der Waals surface area (Å²) in [7, 11) is 5.90. The van der Waals surface area contributed by atoms with E-state index in [9.17, 15) is 0 Å². The summed E-state index contributed by atoms with van der Waals surface area (Å²) in [6.07, 6.45) is 3.84. The van der Waals surface area contributed by atoms with Crippen LogP contribution in [0.5, 0.6) is 5.75 Å². The van der Waals surface area contributed by atoms with Crippen molar-refractivity contribution in [3.8, 4) is 5.75 Å². The maximum atomic E-state index is 6.30. The molecule has 0 aromatic heterocycles. The molecule has 0 bridgehead atoms. The van der Waals surface area contributed by atoms with E-state index in [4.69, 9.17) is 16.3 Å². The zero-order valence-electron chi connectivity index (χ0n) is 12.7. The van der Waals surface area contributed by atoms with Gasteiger partial charge in [0.25, 0.3) is 0 Å². The molecule has 0 saturated carbocycles. The highest BCUT2D eigenvalue weighted by molar-refractivity contribution is 6.32. The van der Waals surface area contributed by atoms with Crippen LogP contribution in [0.25, 0.3) is 0 Å². The van der Waals surface area contributed by atoms with Crippen LogP contribution in [-0.4, -0.2) is 39.2 Å². The number of benzene rings is 1. The summed E-state index contributed by atoms with van der Waals surface area (Å²) in [6.45, 7) is 2.19. The van der Waals surface area contributed by atoms with Crippen molar-refractivity contribution in [3.05, 3.63) is 28.8 Å². The highest BCUT2D eigenvalue weighted by Crippen LogP contribution is 2.36. The van der Waals surface area contributed by atoms with Crippen molar-refractivity contribution in [1.82, 2.24) is 10.2 Å². The number of halogens is 1. The molecule has 0 radical (unpaired) electrons. The summed E-state index contributed by atoms with van der Waals surface area (Å²) in [5.41, 5.74) is 1.29. The SMILES string of the molecule is CNCC1CCCCN(C)C1c1ccc(OC)c(Cl)c1. The van der Waals surface area contributed by atoms with Crippen LogP contribution in [-0.2, 0) is 0 Å². The second kappa shape index (κ2) is 7.30. The summed E-state index contributed by atoms with van der Waals surface area (Å²) in [4.78, 5) is 2.47. The highest BCUT2D eigenvalue weighted by atomic mass is 35.5. The molecule has 1 N–H and O–H groups in total. The highest BCUT2D eigenvalue weighted by Gasteiger charge is 2.28. The molecular weight excluding hydrogens is 272 g/mol. The predicted octanol–water partition coefficient (Wildman–Crippen LogP) is 3.34. The molecule has 0 spiro atoms. The summed E-state index contributed by atoms with van der Waals surface area (Å²) in [6, 6.07) is 6.62. The summed E-state index contributed by atoms with van der Waals surface area (Å²) >= 11 is 6.30. The summed E-state index contributed by atoms with van der Waals surface area (Å²) in [5.74, 6) is 1.37. The molecule has 1 aliphatic heterocycles. The van der Waals surface area contributed by atoms with Gasteiger partial charge in [-0.2, -0.15) is 0 Å². The van der Waals surface area contributed by atoms with Gasteiger partial charge in [0.05, 0.1) is 12.1 Å². The van der Waals surface area contributed by atoms with Gasteiger partial charge >= 0.3 is 0 Å². The van der Waals surface area contributed by atoms with Crippen molar-refractivity contribution in [2.75, 3.05) is 34.3 Å². The fourth-order valence-electron chi connectivity index (χ4n) is 3.29. The Labute approximate surface area is 127 Å². The number of nitrogens with one attached hydrogen (secondary N) is 1. The third kappa shape index (κ3) is 3.46. The number of nitrogens with zero attached hydrogens (tertiary/aromatic N) is 1. The van der Waals surface area contributed by atoms with Crippen LogP contribution >= 0.6 is 11.6 Å². The molecule has 1 heterocycles. The van der Waals surface area contributed by atoms with Crippen molar-refractivity contribution >= 4 is 11.6 Å². The minimum Gasteiger partial charge on any atom is -0.495 e. The molecule has 4 heteroatoms. The Morgan fingerprint density at radius 3 is 2.85 bits per heavy atom. The number of likely N-dealkylation sites (tertiary alicyclic amines) is 1. The van der Waals surface area contributed by atoms with Crippen LogP contribution in [0.1, 0.15) is 30.9 Å². The molecular formula is C16H25ClN2O. The zero-order valence-corrected chi connectivity index (χ0v) is 13.4. The first kappa shape index (κ1) is 15.6. The molecule has 2 rings (SSSR count). The smallest absolute Gasteiger partial charge is 0.137 e. The average Bonchev–Trinajstić information content (AvgIpc) is 2.61. The monoisotopic (exact) mass is 296 g/mol. The number of ether oxygens (including phenoxy) is 1. The van der Waals surface area contributed by atoms with E-state index < -0.39 is 0 Å². The van der Waals surface area contributed by atoms with E-state index in [1.807, 2.05) is 13.1 Å². The Balaban J connectivity index is 2.31. The molecule has 112 valence electrons. The van der Waals surface area contributed by atoms with Crippen LogP contribution in [0.4, 0.5) is 0 Å². The van der Waals surface area contributed by atoms with Gasteiger partial charge in [-0.25, -0.2) is 0 Å². The molecule has 3 nitrogen and oxygen atoms in total. The van der Waals surface area contributed by atoms with E-state index in [1.54, 1.807) is 7.11 Å². The topological polar surface area (TPSA) is 24.5 Å². The van der Waals surface area contributed by atoms with Crippen molar-refractivity contribution in [3.63, 3.8) is 0 Å². The number of hydrogen-bond donors (Lipinski definition) is 1. The van der Waals surface area contributed by atoms with Gasteiger partial charge in [0.1, 0.15) is 5.75 Å². The molecule has 2 unspecified atom stereocenters. The second-order valence-electron chi connectivity index (χ2n) is 5.63. The van der Waals surface area contributed by atoms with Gasteiger partial charge in [-0.3, -0.25) is 4.90 Å². The normalized spacial score (nSPS) is 24.4. The van der Waals surface area contributed by atoms with Crippen molar-refractivity contribution in [1.29, 1.82) is 0 Å². The first-order chi connectivity index (χ1) is 9.67. The number of hydrogen-bond acceptors (Lipinski definition) is 3. The molecule has 1 aromatic carbocycles. The maximum absolute atomic E-state index is 6.30. The lowest BCUT2D eigenvalue weighted by atomic mass is 9.89. The van der Waals surface area contributed by atoms with Gasteiger partial charge in [-0.05, 0) is 63.6 Å². The van der Waals surface area contributed by atoms with Crippen molar-refractivity contribution in [2.24, 2.45) is 5.92 Å². The Hall–Kier alpha value is -0.770.